The van der Waals surface area contributed by atoms with Crippen LogP contribution in [0.1, 0.15) is 49.4 Å². The number of aromatic nitrogens is 1. The molecule has 2 nitrogen and oxygen atoms in total. The fourth-order valence-electron chi connectivity index (χ4n) is 6.52. The van der Waals surface area contributed by atoms with Crippen LogP contribution in [0.3, 0.4) is 0 Å². The fourth-order valence-corrected chi connectivity index (χ4v) is 6.52. The van der Waals surface area contributed by atoms with Gasteiger partial charge in [0.1, 0.15) is 0 Å². The number of H-pyrrole nitrogens is 1. The zero-order valence-electron chi connectivity index (χ0n) is 19.5. The van der Waals surface area contributed by atoms with Crippen molar-refractivity contribution in [1.29, 1.82) is 0 Å². The maximum absolute atomic E-state index is 3.87. The molecule has 0 fully saturated rings. The van der Waals surface area contributed by atoms with Crippen molar-refractivity contribution >= 4 is 17.0 Å². The number of benzene rings is 1. The molecule has 2 heterocycles. The number of nitrogens with one attached hydrogen (secondary N) is 1. The smallest absolute Gasteiger partial charge is 0.0847 e. The van der Waals surface area contributed by atoms with Crippen molar-refractivity contribution < 1.29 is 0 Å². The van der Waals surface area contributed by atoms with Gasteiger partial charge in [0.05, 0.1) is 6.04 Å². The van der Waals surface area contributed by atoms with Crippen molar-refractivity contribution in [2.75, 3.05) is 0 Å². The van der Waals surface area contributed by atoms with Gasteiger partial charge in [-0.15, -0.1) is 0 Å². The second-order valence-corrected chi connectivity index (χ2v) is 9.92. The van der Waals surface area contributed by atoms with Gasteiger partial charge in [-0.3, -0.25) is 0 Å². The van der Waals surface area contributed by atoms with E-state index in [4.69, 9.17) is 0 Å². The first-order chi connectivity index (χ1) is 16.9. The fraction of sp³-hybridized carbons (Fsp3) is 0.250. The summed E-state index contributed by atoms with van der Waals surface area (Å²) in [6.45, 7) is 0. The molecule has 0 amide bonds. The Labute approximate surface area is 201 Å². The Morgan fingerprint density at radius 3 is 2.68 bits per heavy atom. The third kappa shape index (κ3) is 3.01. The lowest BCUT2D eigenvalue weighted by atomic mass is 9.77. The zero-order chi connectivity index (χ0) is 22.5. The highest BCUT2D eigenvalue weighted by Crippen LogP contribution is 2.56. The van der Waals surface area contributed by atoms with Crippen LogP contribution in [0.25, 0.3) is 17.0 Å². The summed E-state index contributed by atoms with van der Waals surface area (Å²) < 4.78 is 0. The average molecular weight is 443 g/mol. The first kappa shape index (κ1) is 19.9. The molecular formula is C32H30N2. The van der Waals surface area contributed by atoms with Gasteiger partial charge in [-0.05, 0) is 55.4 Å². The lowest BCUT2D eigenvalue weighted by molar-refractivity contribution is 0.318. The minimum atomic E-state index is 0.262. The summed E-state index contributed by atoms with van der Waals surface area (Å²) in [4.78, 5) is 6.57. The van der Waals surface area contributed by atoms with Crippen molar-refractivity contribution in [2.45, 2.75) is 38.1 Å². The van der Waals surface area contributed by atoms with Crippen LogP contribution in [0.2, 0.25) is 0 Å². The molecule has 0 saturated carbocycles. The minimum Gasteiger partial charge on any atom is -0.356 e. The summed E-state index contributed by atoms with van der Waals surface area (Å²) in [6, 6.07) is 9.03. The lowest BCUT2D eigenvalue weighted by Crippen LogP contribution is -2.28. The molecule has 0 bridgehead atoms. The molecule has 1 N–H and O–H groups in total. The summed E-state index contributed by atoms with van der Waals surface area (Å²) in [7, 11) is 0. The van der Waals surface area contributed by atoms with Crippen LogP contribution >= 0.6 is 0 Å². The van der Waals surface area contributed by atoms with Crippen LogP contribution in [0.15, 0.2) is 114 Å². The standard InChI is InChI=1S/C32H30N2/c1-4-12-22(13-5-1)29-27-21-20-26-25-18-10-11-19-28(25)33-30(26)32(27)34(24-16-8-3-9-17-24)31(29)23-14-6-2-7-15-23/h1-2,4-6,8,10-12,14,16-22,27,32-33H,3,7,9,13,15H2. The van der Waals surface area contributed by atoms with Gasteiger partial charge in [0.25, 0.3) is 0 Å². The molecule has 34 heavy (non-hydrogen) atoms. The van der Waals surface area contributed by atoms with Crippen LogP contribution in [-0.4, -0.2) is 9.88 Å². The molecule has 3 atom stereocenters. The van der Waals surface area contributed by atoms with E-state index < -0.39 is 0 Å². The van der Waals surface area contributed by atoms with Crippen molar-refractivity contribution in [2.24, 2.45) is 11.8 Å². The third-order valence-corrected chi connectivity index (χ3v) is 7.99. The van der Waals surface area contributed by atoms with E-state index in [0.29, 0.717) is 11.8 Å². The van der Waals surface area contributed by atoms with Crippen LogP contribution < -0.4 is 0 Å². The Balaban J connectivity index is 1.48. The van der Waals surface area contributed by atoms with E-state index in [2.05, 4.69) is 107 Å². The Morgan fingerprint density at radius 1 is 0.882 bits per heavy atom. The predicted molar refractivity (Wildman–Crippen MR) is 142 cm³/mol. The SMILES string of the molecule is C1=CCCC(C2=C(C3C=CC=CC3)C3C=Cc4c([nH]c5ccccc45)C3N2C2=CCCC=C2)=C1. The number of para-hydroxylation sites is 1. The maximum atomic E-state index is 3.87. The van der Waals surface area contributed by atoms with Crippen molar-refractivity contribution in [3.05, 3.63) is 125 Å². The highest BCUT2D eigenvalue weighted by atomic mass is 15.2. The van der Waals surface area contributed by atoms with E-state index in [0.717, 1.165) is 32.1 Å². The number of rotatable bonds is 3. The number of fused-ring (bicyclic) bond motifs is 5. The normalized spacial score (nSPS) is 27.3. The molecule has 4 aliphatic carbocycles. The van der Waals surface area contributed by atoms with E-state index in [1.807, 2.05) is 0 Å². The highest BCUT2D eigenvalue weighted by molar-refractivity contribution is 5.91. The molecule has 168 valence electrons. The molecule has 0 spiro atoms. The first-order valence-electron chi connectivity index (χ1n) is 12.8. The molecule has 3 unspecified atom stereocenters. The molecule has 1 aliphatic heterocycles. The molecule has 5 aliphatic rings. The second-order valence-electron chi connectivity index (χ2n) is 9.92. The predicted octanol–water partition coefficient (Wildman–Crippen LogP) is 8.06. The number of allylic oxidation sites excluding steroid dienone is 11. The quantitative estimate of drug-likeness (QED) is 0.509. The molecule has 1 aromatic heterocycles. The van der Waals surface area contributed by atoms with Crippen molar-refractivity contribution in [1.82, 2.24) is 9.88 Å². The van der Waals surface area contributed by atoms with Crippen LogP contribution in [0.5, 0.6) is 0 Å². The average Bonchev–Trinajstić information content (AvgIpc) is 3.46. The van der Waals surface area contributed by atoms with Crippen molar-refractivity contribution in [3.8, 4) is 0 Å². The lowest BCUT2D eigenvalue weighted by Gasteiger charge is -2.35. The highest BCUT2D eigenvalue weighted by Gasteiger charge is 2.47. The van der Waals surface area contributed by atoms with Gasteiger partial charge < -0.3 is 9.88 Å². The van der Waals surface area contributed by atoms with Gasteiger partial charge >= 0.3 is 0 Å². The van der Waals surface area contributed by atoms with Crippen LogP contribution in [0.4, 0.5) is 0 Å². The molecule has 0 saturated heterocycles. The number of nitrogens with zero attached hydrogens (tertiary/aromatic N) is 1. The molecule has 2 aromatic rings. The molecule has 2 heteroatoms. The van der Waals surface area contributed by atoms with Gasteiger partial charge in [-0.25, -0.2) is 0 Å². The number of hydrogen-bond donors (Lipinski definition) is 1. The number of hydrogen-bond acceptors (Lipinski definition) is 1. The third-order valence-electron chi connectivity index (χ3n) is 7.99. The van der Waals surface area contributed by atoms with E-state index in [1.165, 1.54) is 39.1 Å². The van der Waals surface area contributed by atoms with Crippen molar-refractivity contribution in [3.63, 3.8) is 0 Å². The summed E-state index contributed by atoms with van der Waals surface area (Å²) in [5.74, 6) is 0.799. The number of aromatic amines is 1. The zero-order valence-corrected chi connectivity index (χ0v) is 19.5. The first-order valence-corrected chi connectivity index (χ1v) is 12.8. The Morgan fingerprint density at radius 2 is 1.85 bits per heavy atom. The van der Waals surface area contributed by atoms with E-state index in [-0.39, 0.29) is 6.04 Å². The van der Waals surface area contributed by atoms with Crippen LogP contribution in [0, 0.1) is 11.8 Å². The Kier molecular flexibility index (Phi) is 4.72. The molecule has 7 rings (SSSR count). The maximum Gasteiger partial charge on any atom is 0.0847 e. The largest absolute Gasteiger partial charge is 0.356 e. The minimum absolute atomic E-state index is 0.262. The summed E-state index contributed by atoms with van der Waals surface area (Å²) in [5.41, 5.74) is 9.87. The Bertz CT molecular complexity index is 1400. The topological polar surface area (TPSA) is 19.0 Å². The van der Waals surface area contributed by atoms with Gasteiger partial charge in [-0.2, -0.15) is 0 Å². The summed E-state index contributed by atoms with van der Waals surface area (Å²) in [6.07, 6.45) is 33.7. The summed E-state index contributed by atoms with van der Waals surface area (Å²) in [5, 5.41) is 1.33. The van der Waals surface area contributed by atoms with Gasteiger partial charge in [0, 0.05) is 45.4 Å². The van der Waals surface area contributed by atoms with Gasteiger partial charge in [-0.1, -0.05) is 85.0 Å². The van der Waals surface area contributed by atoms with E-state index in [1.54, 1.807) is 5.57 Å². The summed E-state index contributed by atoms with van der Waals surface area (Å²) >= 11 is 0. The monoisotopic (exact) mass is 442 g/mol. The Hall–Kier alpha value is -3.52. The second kappa shape index (κ2) is 8.06. The van der Waals surface area contributed by atoms with E-state index in [9.17, 15) is 0 Å². The molecule has 0 radical (unpaired) electrons. The van der Waals surface area contributed by atoms with Gasteiger partial charge in [0.15, 0.2) is 0 Å². The van der Waals surface area contributed by atoms with E-state index >= 15 is 0 Å². The van der Waals surface area contributed by atoms with Gasteiger partial charge in [0.2, 0.25) is 0 Å². The molecule has 1 aromatic carbocycles. The molecular weight excluding hydrogens is 412 g/mol. The van der Waals surface area contributed by atoms with Crippen LogP contribution in [-0.2, 0) is 0 Å².